The number of halogens is 1. The molecule has 1 atom stereocenters. The van der Waals surface area contributed by atoms with Gasteiger partial charge in [-0.3, -0.25) is 9.79 Å². The van der Waals surface area contributed by atoms with Gasteiger partial charge in [0, 0.05) is 19.3 Å². The number of dihydropyridines is 1. The van der Waals surface area contributed by atoms with E-state index in [1.807, 2.05) is 18.2 Å². The maximum absolute atomic E-state index is 13.4. The number of piperidine rings is 1. The van der Waals surface area contributed by atoms with E-state index in [9.17, 15) is 18.8 Å². The molecule has 0 N–H and O–H groups in total. The summed E-state index contributed by atoms with van der Waals surface area (Å²) in [6, 6.07) is 14.6. The summed E-state index contributed by atoms with van der Waals surface area (Å²) in [4.78, 5) is 46.9. The standard InChI is InChI=1S/C28H28FN4O3/c29-23-10-8-22(9-11-23)18-33-27(35)26-24(7-4-14-30-26)32(28(33)36)19-25(34)31-15-12-21(13-16-31)17-20-5-2-1-3-6-20/h1-11,14,21,26H,12-13,15-19H2/q+1. The number of urea groups is 1. The van der Waals surface area contributed by atoms with E-state index < -0.39 is 23.8 Å². The Bertz CT molecular complexity index is 1250. The van der Waals surface area contributed by atoms with Crippen molar-refractivity contribution in [1.82, 2.24) is 9.80 Å². The number of rotatable bonds is 6. The summed E-state index contributed by atoms with van der Waals surface area (Å²) in [5.74, 6) is -0.476. The second-order valence-corrected chi connectivity index (χ2v) is 9.42. The number of carbonyl (C=O) groups excluding carboxylic acids is 3. The van der Waals surface area contributed by atoms with Crippen molar-refractivity contribution >= 4 is 29.8 Å². The van der Waals surface area contributed by atoms with Crippen molar-refractivity contribution in [2.24, 2.45) is 10.9 Å². The van der Waals surface area contributed by atoms with Gasteiger partial charge in [0.2, 0.25) is 6.04 Å². The van der Waals surface area contributed by atoms with E-state index in [-0.39, 0.29) is 19.0 Å². The number of carbonyl (C=O) groups is 3. The molecule has 0 aliphatic carbocycles. The Morgan fingerprint density at radius 1 is 1.00 bits per heavy atom. The molecule has 0 saturated carbocycles. The lowest BCUT2D eigenvalue weighted by molar-refractivity contribution is -0.429. The molecule has 1 fully saturated rings. The summed E-state index contributed by atoms with van der Waals surface area (Å²) in [6.45, 7) is 1.12. The Kier molecular flexibility index (Phi) is 6.84. The molecule has 1 saturated heterocycles. The highest BCUT2D eigenvalue weighted by atomic mass is 19.1. The number of likely N-dealkylation sites (tertiary alicyclic amines) is 1. The third kappa shape index (κ3) is 5.03. The van der Waals surface area contributed by atoms with Crippen molar-refractivity contribution < 1.29 is 23.3 Å². The minimum Gasteiger partial charge on any atom is -0.339 e. The van der Waals surface area contributed by atoms with Crippen molar-refractivity contribution in [3.63, 3.8) is 0 Å². The molecule has 36 heavy (non-hydrogen) atoms. The van der Waals surface area contributed by atoms with Crippen LogP contribution in [-0.2, 0) is 22.6 Å². The summed E-state index contributed by atoms with van der Waals surface area (Å²) in [5, 5.41) is 0. The molecular formula is C28H28FN4O3+. The maximum atomic E-state index is 13.4. The second kappa shape index (κ2) is 10.4. The van der Waals surface area contributed by atoms with E-state index in [1.165, 1.54) is 40.6 Å². The van der Waals surface area contributed by atoms with E-state index in [2.05, 4.69) is 17.1 Å². The fourth-order valence-corrected chi connectivity index (χ4v) is 5.02. The first-order valence-electron chi connectivity index (χ1n) is 12.3. The molecular weight excluding hydrogens is 459 g/mol. The zero-order valence-electron chi connectivity index (χ0n) is 19.9. The Balaban J connectivity index is 1.28. The molecule has 7 nitrogen and oxygen atoms in total. The van der Waals surface area contributed by atoms with Crippen LogP contribution in [0.25, 0.3) is 0 Å². The van der Waals surface area contributed by atoms with Gasteiger partial charge in [0.05, 0.1) is 0 Å². The molecule has 0 radical (unpaired) electrons. The predicted molar refractivity (Wildman–Crippen MR) is 133 cm³/mol. The average molecular weight is 488 g/mol. The van der Waals surface area contributed by atoms with Crippen LogP contribution in [0.4, 0.5) is 9.18 Å². The van der Waals surface area contributed by atoms with Gasteiger partial charge in [0.25, 0.3) is 5.91 Å². The largest absolute Gasteiger partial charge is 0.501 e. The molecule has 4 amide bonds. The number of fused-ring (bicyclic) bond motifs is 1. The Morgan fingerprint density at radius 3 is 2.44 bits per heavy atom. The summed E-state index contributed by atoms with van der Waals surface area (Å²) in [6.07, 6.45) is 7.67. The van der Waals surface area contributed by atoms with E-state index in [1.54, 1.807) is 17.1 Å². The highest BCUT2D eigenvalue weighted by molar-refractivity contribution is 6.20. The molecule has 3 heterocycles. The van der Waals surface area contributed by atoms with Crippen LogP contribution in [-0.4, -0.2) is 69.8 Å². The van der Waals surface area contributed by atoms with Gasteiger partial charge in [0.15, 0.2) is 6.54 Å². The molecule has 3 aliphatic rings. The molecule has 8 heteroatoms. The van der Waals surface area contributed by atoms with E-state index in [0.717, 1.165) is 24.2 Å². The molecule has 184 valence electrons. The lowest BCUT2D eigenvalue weighted by Crippen LogP contribution is -2.58. The number of allylic oxidation sites excluding steroid dienone is 1. The quantitative estimate of drug-likeness (QED) is 0.588. The normalized spacial score (nSPS) is 20.2. The third-order valence-corrected chi connectivity index (χ3v) is 7.02. The number of benzene rings is 2. The number of amides is 4. The topological polar surface area (TPSA) is 73.1 Å². The first kappa shape index (κ1) is 23.8. The average Bonchev–Trinajstić information content (AvgIpc) is 2.91. The Morgan fingerprint density at radius 2 is 1.72 bits per heavy atom. The van der Waals surface area contributed by atoms with Crippen molar-refractivity contribution in [2.45, 2.75) is 31.8 Å². The lowest BCUT2D eigenvalue weighted by Gasteiger charge is -2.32. The zero-order valence-corrected chi connectivity index (χ0v) is 19.9. The highest BCUT2D eigenvalue weighted by Gasteiger charge is 2.48. The SMILES string of the molecule is O=C(C[N+]1=C2C=CC=NC2C(=O)N(Cc2ccc(F)cc2)C1=O)N1CCC(Cc2ccccc2)CC1. The first-order chi connectivity index (χ1) is 17.5. The van der Waals surface area contributed by atoms with Gasteiger partial charge < -0.3 is 4.90 Å². The predicted octanol–water partition coefficient (Wildman–Crippen LogP) is 3.23. The molecule has 0 bridgehead atoms. The van der Waals surface area contributed by atoms with Crippen molar-refractivity contribution in [3.8, 4) is 0 Å². The van der Waals surface area contributed by atoms with Crippen LogP contribution in [0, 0.1) is 11.7 Å². The van der Waals surface area contributed by atoms with Gasteiger partial charge in [-0.1, -0.05) is 42.5 Å². The van der Waals surface area contributed by atoms with Crippen LogP contribution in [0.3, 0.4) is 0 Å². The summed E-state index contributed by atoms with van der Waals surface area (Å²) in [7, 11) is 0. The number of hydrogen-bond donors (Lipinski definition) is 0. The van der Waals surface area contributed by atoms with Crippen LogP contribution in [0.5, 0.6) is 0 Å². The van der Waals surface area contributed by atoms with Crippen molar-refractivity contribution in [1.29, 1.82) is 0 Å². The van der Waals surface area contributed by atoms with Crippen molar-refractivity contribution in [3.05, 3.63) is 83.7 Å². The Labute approximate surface area is 209 Å². The zero-order chi connectivity index (χ0) is 25.1. The van der Waals surface area contributed by atoms with Crippen LogP contribution < -0.4 is 0 Å². The van der Waals surface area contributed by atoms with E-state index >= 15 is 0 Å². The second-order valence-electron chi connectivity index (χ2n) is 9.42. The fraction of sp³-hybridized carbons (Fsp3) is 0.321. The van der Waals surface area contributed by atoms with Crippen LogP contribution in [0.1, 0.15) is 24.0 Å². The van der Waals surface area contributed by atoms with Gasteiger partial charge >= 0.3 is 11.9 Å². The van der Waals surface area contributed by atoms with E-state index in [4.69, 9.17) is 0 Å². The molecule has 2 aromatic carbocycles. The van der Waals surface area contributed by atoms with Gasteiger partial charge in [-0.2, -0.15) is 14.3 Å². The maximum Gasteiger partial charge on any atom is 0.501 e. The minimum atomic E-state index is -0.877. The fourth-order valence-electron chi connectivity index (χ4n) is 5.02. The van der Waals surface area contributed by atoms with Gasteiger partial charge in [-0.25, -0.2) is 9.18 Å². The number of hydrogen-bond acceptors (Lipinski definition) is 4. The Hall–Kier alpha value is -3.94. The lowest BCUT2D eigenvalue weighted by atomic mass is 9.90. The van der Waals surface area contributed by atoms with Crippen LogP contribution in [0.15, 0.2) is 71.7 Å². The van der Waals surface area contributed by atoms with Gasteiger partial charge in [-0.15, -0.1) is 0 Å². The molecule has 1 unspecified atom stereocenters. The van der Waals surface area contributed by atoms with Gasteiger partial charge in [0.1, 0.15) is 18.1 Å². The molecule has 0 spiro atoms. The van der Waals surface area contributed by atoms with Crippen LogP contribution >= 0.6 is 0 Å². The van der Waals surface area contributed by atoms with Crippen molar-refractivity contribution in [2.75, 3.05) is 19.6 Å². The molecule has 3 aliphatic heterocycles. The summed E-state index contributed by atoms with van der Waals surface area (Å²) in [5.41, 5.74) is 2.33. The summed E-state index contributed by atoms with van der Waals surface area (Å²) >= 11 is 0. The summed E-state index contributed by atoms with van der Waals surface area (Å²) < 4.78 is 14.7. The molecule has 2 aromatic rings. The molecule has 0 aromatic heterocycles. The highest BCUT2D eigenvalue weighted by Crippen LogP contribution is 2.23. The van der Waals surface area contributed by atoms with Gasteiger partial charge in [-0.05, 0) is 60.6 Å². The third-order valence-electron chi connectivity index (χ3n) is 7.02. The minimum absolute atomic E-state index is 0.0173. The molecule has 5 rings (SSSR count). The number of nitrogens with zero attached hydrogens (tertiary/aromatic N) is 4. The number of aliphatic imine (C=N–C) groups is 1. The van der Waals surface area contributed by atoms with Crippen LogP contribution in [0.2, 0.25) is 0 Å². The van der Waals surface area contributed by atoms with E-state index in [0.29, 0.717) is 30.3 Å². The monoisotopic (exact) mass is 487 g/mol. The number of imide groups is 1. The smallest absolute Gasteiger partial charge is 0.339 e. The first-order valence-corrected chi connectivity index (χ1v) is 12.3.